The Balaban J connectivity index is 2.94. The zero-order chi connectivity index (χ0) is 8.97. The van der Waals surface area contributed by atoms with Crippen LogP contribution in [0.3, 0.4) is 0 Å². The van der Waals surface area contributed by atoms with Gasteiger partial charge in [-0.1, -0.05) is 0 Å². The molecule has 0 bridgehead atoms. The lowest BCUT2D eigenvalue weighted by Gasteiger charge is -1.95. The summed E-state index contributed by atoms with van der Waals surface area (Å²) in [6.07, 6.45) is 1.96. The van der Waals surface area contributed by atoms with Crippen LogP contribution in [0.5, 0.6) is 0 Å². The summed E-state index contributed by atoms with van der Waals surface area (Å²) in [5.74, 6) is -0.484. The van der Waals surface area contributed by atoms with Gasteiger partial charge in [0.2, 0.25) is 0 Å². The fraction of sp³-hybridized carbons (Fsp3) is 0.111. The molecule has 3 heteroatoms. The molecule has 0 N–H and O–H groups in total. The number of benzene rings is 1. The lowest BCUT2D eigenvalue weighted by molar-refractivity contribution is 0.105. The average molecular weight is 177 g/mol. The summed E-state index contributed by atoms with van der Waals surface area (Å²) in [5.41, 5.74) is 0.454. The van der Waals surface area contributed by atoms with E-state index in [1.54, 1.807) is 30.0 Å². The second-order valence-corrected chi connectivity index (χ2v) is 3.05. The molecule has 0 unspecified atom stereocenters. The van der Waals surface area contributed by atoms with Crippen LogP contribution in [0.25, 0.3) is 0 Å². The molecule has 60 valence electrons. The van der Waals surface area contributed by atoms with Gasteiger partial charge < -0.3 is 0 Å². The zero-order valence-corrected chi connectivity index (χ0v) is 7.39. The van der Waals surface area contributed by atoms with Crippen LogP contribution in [0.2, 0.25) is 0 Å². The molecule has 0 amide bonds. The maximum absolute atomic E-state index is 10.8. The first-order valence-corrected chi connectivity index (χ1v) is 4.59. The summed E-state index contributed by atoms with van der Waals surface area (Å²) in [7, 11) is 0. The Labute approximate surface area is 75.2 Å². The van der Waals surface area contributed by atoms with Crippen LogP contribution in [0.4, 0.5) is 0 Å². The van der Waals surface area contributed by atoms with Gasteiger partial charge in [-0.05, 0) is 30.5 Å². The number of Topliss-reactive ketones (excluding diaryl/α,β-unsaturated/α-hetero) is 1. The molecule has 1 aromatic carbocycles. The van der Waals surface area contributed by atoms with Crippen LogP contribution in [-0.2, 0) is 0 Å². The van der Waals surface area contributed by atoms with Crippen LogP contribution >= 0.6 is 11.8 Å². The van der Waals surface area contributed by atoms with Crippen molar-refractivity contribution in [2.75, 3.05) is 6.26 Å². The van der Waals surface area contributed by atoms with E-state index < -0.39 is 5.78 Å². The van der Waals surface area contributed by atoms with E-state index in [1.807, 2.05) is 18.4 Å². The van der Waals surface area contributed by atoms with Gasteiger partial charge in [0.1, 0.15) is 6.07 Å². The minimum Gasteiger partial charge on any atom is -0.277 e. The molecule has 0 aliphatic carbocycles. The summed E-state index contributed by atoms with van der Waals surface area (Å²) in [6.45, 7) is 0. The molecule has 0 aliphatic rings. The van der Waals surface area contributed by atoms with Crippen molar-refractivity contribution in [1.29, 1.82) is 5.26 Å². The maximum atomic E-state index is 10.8. The van der Waals surface area contributed by atoms with Crippen molar-refractivity contribution in [3.05, 3.63) is 29.8 Å². The number of hydrogen-bond acceptors (Lipinski definition) is 3. The monoisotopic (exact) mass is 177 g/mol. The van der Waals surface area contributed by atoms with E-state index in [2.05, 4.69) is 0 Å². The molecule has 0 saturated carbocycles. The van der Waals surface area contributed by atoms with E-state index in [9.17, 15) is 4.79 Å². The zero-order valence-electron chi connectivity index (χ0n) is 6.57. The molecule has 12 heavy (non-hydrogen) atoms. The second kappa shape index (κ2) is 3.93. The number of nitrogens with zero attached hydrogens (tertiary/aromatic N) is 1. The molecule has 2 nitrogen and oxygen atoms in total. The highest BCUT2D eigenvalue weighted by atomic mass is 32.2. The van der Waals surface area contributed by atoms with Crippen molar-refractivity contribution in [3.8, 4) is 6.07 Å². The van der Waals surface area contributed by atoms with Gasteiger partial charge in [-0.25, -0.2) is 0 Å². The molecule has 0 atom stereocenters. The van der Waals surface area contributed by atoms with Gasteiger partial charge in [-0.15, -0.1) is 11.8 Å². The van der Waals surface area contributed by atoms with E-state index in [1.165, 1.54) is 0 Å². The average Bonchev–Trinajstić information content (AvgIpc) is 2.17. The smallest absolute Gasteiger partial charge is 0.262 e. The molecule has 0 spiro atoms. The molecule has 0 fully saturated rings. The topological polar surface area (TPSA) is 40.9 Å². The van der Waals surface area contributed by atoms with Crippen molar-refractivity contribution >= 4 is 17.5 Å². The van der Waals surface area contributed by atoms with E-state index in [0.29, 0.717) is 5.56 Å². The summed E-state index contributed by atoms with van der Waals surface area (Å²) in [5, 5.41) is 8.31. The highest BCUT2D eigenvalue weighted by Crippen LogP contribution is 2.14. The highest BCUT2D eigenvalue weighted by molar-refractivity contribution is 7.98. The first-order chi connectivity index (χ1) is 5.77. The highest BCUT2D eigenvalue weighted by Gasteiger charge is 2.02. The van der Waals surface area contributed by atoms with E-state index in [4.69, 9.17) is 5.26 Å². The molecule has 0 saturated heterocycles. The van der Waals surface area contributed by atoms with Gasteiger partial charge in [0, 0.05) is 10.5 Å². The van der Waals surface area contributed by atoms with Crippen LogP contribution in [0.15, 0.2) is 29.2 Å². The quantitative estimate of drug-likeness (QED) is 0.394. The normalized spacial score (nSPS) is 9.00. The van der Waals surface area contributed by atoms with E-state index >= 15 is 0 Å². The van der Waals surface area contributed by atoms with Crippen molar-refractivity contribution in [2.24, 2.45) is 0 Å². The SMILES string of the molecule is CSc1ccc(C(=O)C#N)cc1. The first-order valence-electron chi connectivity index (χ1n) is 3.36. The molecule has 1 aromatic rings. The summed E-state index contributed by atoms with van der Waals surface area (Å²) < 4.78 is 0. The molecule has 1 rings (SSSR count). The Hall–Kier alpha value is -1.27. The lowest BCUT2D eigenvalue weighted by Crippen LogP contribution is -1.92. The van der Waals surface area contributed by atoms with Gasteiger partial charge in [-0.3, -0.25) is 4.79 Å². The number of hydrogen-bond donors (Lipinski definition) is 0. The van der Waals surface area contributed by atoms with Crippen molar-refractivity contribution in [1.82, 2.24) is 0 Å². The summed E-state index contributed by atoms with van der Waals surface area (Å²) in [6, 6.07) is 8.56. The first kappa shape index (κ1) is 8.82. The van der Waals surface area contributed by atoms with Gasteiger partial charge in [0.15, 0.2) is 0 Å². The van der Waals surface area contributed by atoms with E-state index in [-0.39, 0.29) is 0 Å². The molecule has 0 heterocycles. The Morgan fingerprint density at radius 1 is 1.42 bits per heavy atom. The van der Waals surface area contributed by atoms with Crippen LogP contribution in [-0.4, -0.2) is 12.0 Å². The largest absolute Gasteiger partial charge is 0.277 e. The van der Waals surface area contributed by atoms with Gasteiger partial charge in [0.25, 0.3) is 5.78 Å². The predicted molar refractivity (Wildman–Crippen MR) is 48.2 cm³/mol. The van der Waals surface area contributed by atoms with Gasteiger partial charge >= 0.3 is 0 Å². The third kappa shape index (κ3) is 1.86. The fourth-order valence-electron chi connectivity index (χ4n) is 0.807. The standard InChI is InChI=1S/C9H7NOS/c1-12-8-4-2-7(3-5-8)9(11)6-10/h2-5H,1H3. The Morgan fingerprint density at radius 3 is 2.42 bits per heavy atom. The minimum atomic E-state index is -0.484. The molecule has 0 radical (unpaired) electrons. The molecule has 0 aliphatic heterocycles. The van der Waals surface area contributed by atoms with Crippen LogP contribution < -0.4 is 0 Å². The Morgan fingerprint density at radius 2 is 2.00 bits per heavy atom. The second-order valence-electron chi connectivity index (χ2n) is 2.17. The van der Waals surface area contributed by atoms with Crippen LogP contribution in [0, 0.1) is 11.3 Å². The Bertz CT molecular complexity index is 323. The van der Waals surface area contributed by atoms with Gasteiger partial charge in [0.05, 0.1) is 0 Å². The van der Waals surface area contributed by atoms with Crippen molar-refractivity contribution in [3.63, 3.8) is 0 Å². The van der Waals surface area contributed by atoms with E-state index in [0.717, 1.165) is 4.90 Å². The number of nitriles is 1. The van der Waals surface area contributed by atoms with Crippen molar-refractivity contribution in [2.45, 2.75) is 4.90 Å². The predicted octanol–water partition coefficient (Wildman–Crippen LogP) is 2.11. The lowest BCUT2D eigenvalue weighted by atomic mass is 10.1. The Kier molecular flexibility index (Phi) is 2.89. The maximum Gasteiger partial charge on any atom is 0.262 e. The number of rotatable bonds is 2. The number of ketones is 1. The molecular formula is C9H7NOS. The number of thioether (sulfide) groups is 1. The summed E-state index contributed by atoms with van der Waals surface area (Å²) in [4.78, 5) is 11.9. The molecular weight excluding hydrogens is 170 g/mol. The third-order valence-corrected chi connectivity index (χ3v) is 2.20. The summed E-state index contributed by atoms with van der Waals surface area (Å²) >= 11 is 1.60. The number of carbonyl (C=O) groups is 1. The fourth-order valence-corrected chi connectivity index (χ4v) is 1.22. The minimum absolute atomic E-state index is 0.454. The molecule has 0 aromatic heterocycles. The van der Waals surface area contributed by atoms with Crippen LogP contribution in [0.1, 0.15) is 10.4 Å². The third-order valence-electron chi connectivity index (χ3n) is 1.45. The van der Waals surface area contributed by atoms with Gasteiger partial charge in [-0.2, -0.15) is 5.26 Å². The van der Waals surface area contributed by atoms with Crippen molar-refractivity contribution < 1.29 is 4.79 Å². The number of carbonyl (C=O) groups excluding carboxylic acids is 1.